The summed E-state index contributed by atoms with van der Waals surface area (Å²) in [5.41, 5.74) is 11.9. The highest BCUT2D eigenvalue weighted by Gasteiger charge is 2.20. The lowest BCUT2D eigenvalue weighted by atomic mass is 9.87. The Balaban J connectivity index is 1.73. The minimum absolute atomic E-state index is 0.00706. The number of anilines is 2. The van der Waals surface area contributed by atoms with Crippen LogP contribution in [0.2, 0.25) is 5.02 Å². The second-order valence-electron chi connectivity index (χ2n) is 9.04. The van der Waals surface area contributed by atoms with Crippen LogP contribution in [0.25, 0.3) is 22.6 Å². The molecule has 32 heavy (non-hydrogen) atoms. The zero-order valence-corrected chi connectivity index (χ0v) is 19.6. The Morgan fingerprint density at radius 2 is 1.84 bits per heavy atom. The van der Waals surface area contributed by atoms with E-state index in [2.05, 4.69) is 25.8 Å². The fourth-order valence-corrected chi connectivity index (χ4v) is 3.85. The Labute approximate surface area is 192 Å². The maximum atomic E-state index is 13.2. The summed E-state index contributed by atoms with van der Waals surface area (Å²) in [6, 6.07) is 16.7. The van der Waals surface area contributed by atoms with Gasteiger partial charge in [0.05, 0.1) is 0 Å². The molecule has 0 fully saturated rings. The van der Waals surface area contributed by atoms with Gasteiger partial charge in [0.15, 0.2) is 5.58 Å². The molecule has 0 unspecified atom stereocenters. The summed E-state index contributed by atoms with van der Waals surface area (Å²) in [6.45, 7) is 8.35. The summed E-state index contributed by atoms with van der Waals surface area (Å²) in [7, 11) is 1.72. The molecule has 5 nitrogen and oxygen atoms in total. The van der Waals surface area contributed by atoms with Crippen LogP contribution in [0.15, 0.2) is 59.0 Å². The molecular weight excluding hydrogens is 422 g/mol. The minimum Gasteiger partial charge on any atom is -0.436 e. The highest BCUT2D eigenvalue weighted by Crippen LogP contribution is 2.32. The molecule has 6 heteroatoms. The topological polar surface area (TPSA) is 72.4 Å². The van der Waals surface area contributed by atoms with Crippen molar-refractivity contribution in [3.05, 3.63) is 76.3 Å². The van der Waals surface area contributed by atoms with Crippen molar-refractivity contribution in [3.8, 4) is 11.5 Å². The van der Waals surface area contributed by atoms with Gasteiger partial charge in [-0.2, -0.15) is 0 Å². The van der Waals surface area contributed by atoms with Gasteiger partial charge in [-0.15, -0.1) is 0 Å². The number of carbonyl (C=O) groups is 1. The maximum absolute atomic E-state index is 13.2. The molecule has 0 aliphatic carbocycles. The Kier molecular flexibility index (Phi) is 5.47. The molecule has 164 valence electrons. The number of rotatable bonds is 3. The van der Waals surface area contributed by atoms with E-state index >= 15 is 0 Å². The number of amides is 1. The first kappa shape index (κ1) is 21.9. The van der Waals surface area contributed by atoms with Gasteiger partial charge in [-0.3, -0.25) is 4.79 Å². The van der Waals surface area contributed by atoms with E-state index in [1.807, 2.05) is 37.3 Å². The number of nitrogen functional groups attached to an aromatic ring is 1. The van der Waals surface area contributed by atoms with Crippen molar-refractivity contribution < 1.29 is 9.21 Å². The summed E-state index contributed by atoms with van der Waals surface area (Å²) in [5.74, 6) is 0.226. The van der Waals surface area contributed by atoms with Gasteiger partial charge in [0, 0.05) is 34.6 Å². The number of oxazole rings is 1. The van der Waals surface area contributed by atoms with Gasteiger partial charge in [0.1, 0.15) is 5.52 Å². The van der Waals surface area contributed by atoms with Crippen LogP contribution in [0.1, 0.15) is 42.3 Å². The van der Waals surface area contributed by atoms with Crippen LogP contribution in [0.3, 0.4) is 0 Å². The van der Waals surface area contributed by atoms with Crippen LogP contribution in [0.5, 0.6) is 0 Å². The van der Waals surface area contributed by atoms with Crippen molar-refractivity contribution in [2.45, 2.75) is 33.1 Å². The quantitative estimate of drug-likeness (QED) is 0.358. The Hall–Kier alpha value is -3.31. The van der Waals surface area contributed by atoms with E-state index in [4.69, 9.17) is 21.8 Å². The third kappa shape index (κ3) is 4.08. The number of fused-ring (bicyclic) bond motifs is 1. The fourth-order valence-electron chi connectivity index (χ4n) is 3.68. The molecule has 0 saturated carbocycles. The molecule has 0 spiro atoms. The van der Waals surface area contributed by atoms with Crippen molar-refractivity contribution in [2.24, 2.45) is 0 Å². The lowest BCUT2D eigenvalue weighted by Gasteiger charge is -2.20. The predicted octanol–water partition coefficient (Wildman–Crippen LogP) is 6.61. The van der Waals surface area contributed by atoms with Crippen molar-refractivity contribution in [1.82, 2.24) is 4.98 Å². The van der Waals surface area contributed by atoms with Crippen LogP contribution in [0, 0.1) is 6.92 Å². The molecule has 1 amide bonds. The van der Waals surface area contributed by atoms with Gasteiger partial charge in [0.25, 0.3) is 5.91 Å². The van der Waals surface area contributed by atoms with Gasteiger partial charge in [-0.05, 0) is 65.9 Å². The second-order valence-corrected chi connectivity index (χ2v) is 9.45. The second kappa shape index (κ2) is 7.99. The molecule has 0 atom stereocenters. The molecule has 1 heterocycles. The molecule has 2 N–H and O–H groups in total. The lowest BCUT2D eigenvalue weighted by molar-refractivity contribution is 0.0993. The van der Waals surface area contributed by atoms with Crippen molar-refractivity contribution in [2.75, 3.05) is 17.7 Å². The van der Waals surface area contributed by atoms with Gasteiger partial charge < -0.3 is 15.1 Å². The first-order chi connectivity index (χ1) is 15.0. The molecule has 0 aliphatic heterocycles. The Morgan fingerprint density at radius 1 is 1.09 bits per heavy atom. The molecule has 1 aromatic heterocycles. The SMILES string of the molecule is Cc1c(Cl)cccc1N(C)C(=O)c1cc(N)cc(-c2nc3cc(C(C)(C)C)ccc3o2)c1. The largest absolute Gasteiger partial charge is 0.436 e. The summed E-state index contributed by atoms with van der Waals surface area (Å²) in [6.07, 6.45) is 0. The number of carbonyl (C=O) groups excluding carboxylic acids is 1. The van der Waals surface area contributed by atoms with E-state index in [1.54, 1.807) is 36.2 Å². The van der Waals surface area contributed by atoms with Crippen LogP contribution < -0.4 is 10.6 Å². The Bertz CT molecular complexity index is 1330. The number of aromatic nitrogens is 1. The molecule has 0 radical (unpaired) electrons. The van der Waals surface area contributed by atoms with Crippen molar-refractivity contribution in [3.63, 3.8) is 0 Å². The zero-order chi connectivity index (χ0) is 23.2. The van der Waals surface area contributed by atoms with Crippen LogP contribution in [-0.2, 0) is 5.41 Å². The first-order valence-electron chi connectivity index (χ1n) is 10.4. The van der Waals surface area contributed by atoms with Gasteiger partial charge in [0.2, 0.25) is 5.89 Å². The summed E-state index contributed by atoms with van der Waals surface area (Å²) >= 11 is 6.24. The number of benzene rings is 3. The number of hydrogen-bond acceptors (Lipinski definition) is 4. The van der Waals surface area contributed by atoms with E-state index in [-0.39, 0.29) is 11.3 Å². The summed E-state index contributed by atoms with van der Waals surface area (Å²) in [5, 5.41) is 0.608. The van der Waals surface area contributed by atoms with Crippen molar-refractivity contribution >= 4 is 40.0 Å². The molecule has 0 saturated heterocycles. The highest BCUT2D eigenvalue weighted by molar-refractivity contribution is 6.31. The van der Waals surface area contributed by atoms with E-state index in [0.717, 1.165) is 16.8 Å². The molecule has 4 aromatic rings. The number of hydrogen-bond donors (Lipinski definition) is 1. The smallest absolute Gasteiger partial charge is 0.258 e. The van der Waals surface area contributed by atoms with Crippen LogP contribution in [0.4, 0.5) is 11.4 Å². The lowest BCUT2D eigenvalue weighted by Crippen LogP contribution is -2.27. The molecule has 0 aliphatic rings. The summed E-state index contributed by atoms with van der Waals surface area (Å²) in [4.78, 5) is 19.5. The molecular formula is C26H26ClN3O2. The maximum Gasteiger partial charge on any atom is 0.258 e. The number of halogens is 1. The predicted molar refractivity (Wildman–Crippen MR) is 131 cm³/mol. The van der Waals surface area contributed by atoms with Gasteiger partial charge >= 0.3 is 0 Å². The standard InChI is InChI=1S/C26H26ClN3O2/c1-15-20(27)7-6-8-22(15)30(5)25(31)17-11-16(12-19(28)13-17)24-29-21-14-18(26(2,3)4)9-10-23(21)32-24/h6-14H,28H2,1-5H3. The number of nitrogens with zero attached hydrogens (tertiary/aromatic N) is 2. The molecule has 4 rings (SSSR count). The van der Waals surface area contributed by atoms with E-state index in [1.165, 1.54) is 5.56 Å². The first-order valence-corrected chi connectivity index (χ1v) is 10.8. The third-order valence-electron chi connectivity index (χ3n) is 5.61. The van der Waals surface area contributed by atoms with E-state index in [0.29, 0.717) is 33.3 Å². The van der Waals surface area contributed by atoms with Gasteiger partial charge in [-0.25, -0.2) is 4.98 Å². The summed E-state index contributed by atoms with van der Waals surface area (Å²) < 4.78 is 5.98. The average Bonchev–Trinajstić information content (AvgIpc) is 3.17. The molecule has 0 bridgehead atoms. The van der Waals surface area contributed by atoms with E-state index in [9.17, 15) is 4.79 Å². The van der Waals surface area contributed by atoms with Crippen LogP contribution >= 0.6 is 11.6 Å². The Morgan fingerprint density at radius 3 is 2.56 bits per heavy atom. The monoisotopic (exact) mass is 447 g/mol. The highest BCUT2D eigenvalue weighted by atomic mass is 35.5. The number of nitrogens with two attached hydrogens (primary N) is 1. The van der Waals surface area contributed by atoms with Crippen molar-refractivity contribution in [1.29, 1.82) is 0 Å². The van der Waals surface area contributed by atoms with Gasteiger partial charge in [-0.1, -0.05) is 44.5 Å². The third-order valence-corrected chi connectivity index (χ3v) is 6.02. The minimum atomic E-state index is -0.199. The van der Waals surface area contributed by atoms with Crippen LogP contribution in [-0.4, -0.2) is 17.9 Å². The van der Waals surface area contributed by atoms with E-state index < -0.39 is 0 Å². The normalized spacial score (nSPS) is 11.7. The zero-order valence-electron chi connectivity index (χ0n) is 18.9. The fraction of sp³-hybridized carbons (Fsp3) is 0.231. The average molecular weight is 448 g/mol. The molecule has 3 aromatic carbocycles.